The average Bonchev–Trinajstić information content (AvgIpc) is 3.57. The van der Waals surface area contributed by atoms with Gasteiger partial charge in [-0.1, -0.05) is 89.8 Å². The van der Waals surface area contributed by atoms with Crippen LogP contribution in [0.4, 0.5) is 0 Å². The predicted molar refractivity (Wildman–Crippen MR) is 194 cm³/mol. The van der Waals surface area contributed by atoms with Crippen LogP contribution in [0.5, 0.6) is 0 Å². The van der Waals surface area contributed by atoms with Crippen molar-refractivity contribution in [2.45, 2.75) is 72.6 Å². The van der Waals surface area contributed by atoms with Crippen LogP contribution in [0.25, 0.3) is 11.1 Å². The largest absolute Gasteiger partial charge is 0.179 e. The van der Waals surface area contributed by atoms with Gasteiger partial charge < -0.3 is 0 Å². The molecule has 2 aliphatic carbocycles. The standard InChI is InChI=1S/C13H9.2C10H13.C7H9.CH2.2ClH.Zr/c1-3-7-12-10(5-1)9-11-6-2-4-8-13(11)12;2*1-10(2,3)9-7-5-4-6-8-9;1-6-3-4-7(2)5-6;;;;/h1-5,7-8H,9H2;2*5-8H,1-3H3;3,5,7H,1-2H3;1H2;2*1H;/q4*-1;;;;. The summed E-state index contributed by atoms with van der Waals surface area (Å²) in [5, 5.41) is 0. The average molecular weight is 703 g/mol. The second kappa shape index (κ2) is 20.7. The number of halogens is 2. The molecule has 3 heteroatoms. The van der Waals surface area contributed by atoms with E-state index < -0.39 is 0 Å². The van der Waals surface area contributed by atoms with Crippen LogP contribution in [0, 0.1) is 30.2 Å². The van der Waals surface area contributed by atoms with Crippen LogP contribution in [0.15, 0.2) is 109 Å². The molecule has 0 nitrogen and oxygen atoms in total. The van der Waals surface area contributed by atoms with E-state index in [0.717, 1.165) is 6.42 Å². The van der Waals surface area contributed by atoms with Gasteiger partial charge >= 0.3 is 28.4 Å². The molecule has 0 spiro atoms. The number of allylic oxidation sites excluding steroid dienone is 4. The van der Waals surface area contributed by atoms with Gasteiger partial charge in [-0.05, 0) is 17.3 Å². The molecule has 4 aromatic rings. The number of hydrogen-bond donors (Lipinski definition) is 0. The molecule has 1 unspecified atom stereocenters. The quantitative estimate of drug-likeness (QED) is 0.141. The molecule has 0 fully saturated rings. The topological polar surface area (TPSA) is 0 Å². The van der Waals surface area contributed by atoms with E-state index in [0.29, 0.717) is 5.92 Å². The van der Waals surface area contributed by atoms with E-state index in [4.69, 9.17) is 0 Å². The molecule has 0 aromatic heterocycles. The van der Waals surface area contributed by atoms with Gasteiger partial charge in [-0.3, -0.25) is 6.08 Å². The second-order valence-corrected chi connectivity index (χ2v) is 12.5. The molecule has 44 heavy (non-hydrogen) atoms. The van der Waals surface area contributed by atoms with Crippen LogP contribution in [-0.4, -0.2) is 4.21 Å². The number of hydrogen-bond acceptors (Lipinski definition) is 0. The second-order valence-electron chi connectivity index (χ2n) is 12.5. The summed E-state index contributed by atoms with van der Waals surface area (Å²) < 4.78 is 3.34. The van der Waals surface area contributed by atoms with Crippen molar-refractivity contribution in [1.82, 2.24) is 0 Å². The summed E-state index contributed by atoms with van der Waals surface area (Å²) in [5.41, 5.74) is 10.1. The van der Waals surface area contributed by atoms with Gasteiger partial charge in [0, 0.05) is 0 Å². The molecule has 0 saturated heterocycles. The minimum Gasteiger partial charge on any atom is -0.179 e. The molecule has 0 saturated carbocycles. The molecule has 0 amide bonds. The third-order valence-electron chi connectivity index (χ3n) is 6.87. The van der Waals surface area contributed by atoms with Crippen molar-refractivity contribution in [3.63, 3.8) is 0 Å². The van der Waals surface area contributed by atoms with E-state index in [9.17, 15) is 0 Å². The molecule has 234 valence electrons. The fourth-order valence-corrected chi connectivity index (χ4v) is 4.52. The first kappa shape index (κ1) is 41.7. The summed E-state index contributed by atoms with van der Waals surface area (Å²) in [4.78, 5) is 0. The molecule has 4 aromatic carbocycles. The SMILES string of the molecule is CC(C)(C)c1cc[c-]cc1.CC(C)(C)c1cc[c-]cc1.CC1=CC(C)[C-]=C1.Cl.Cl.[CH2]=[Zr].[c-]1cccc2c1Cc1ccccc1-2. The fraction of sp³-hybridized carbons (Fsp3) is 0.293. The van der Waals surface area contributed by atoms with Gasteiger partial charge in [-0.15, -0.1) is 37.3 Å². The third kappa shape index (κ3) is 14.2. The van der Waals surface area contributed by atoms with Crippen molar-refractivity contribution < 1.29 is 24.2 Å². The summed E-state index contributed by atoms with van der Waals surface area (Å²) in [6, 6.07) is 40.4. The normalized spacial score (nSPS) is 13.4. The first-order chi connectivity index (χ1) is 19.9. The van der Waals surface area contributed by atoms with Crippen LogP contribution >= 0.6 is 24.8 Å². The zero-order chi connectivity index (χ0) is 31.2. The van der Waals surface area contributed by atoms with Crippen molar-refractivity contribution in [3.05, 3.63) is 155 Å². The minimum absolute atomic E-state index is 0. The van der Waals surface area contributed by atoms with Gasteiger partial charge in [0.2, 0.25) is 0 Å². The van der Waals surface area contributed by atoms with Crippen molar-refractivity contribution in [1.29, 1.82) is 0 Å². The van der Waals surface area contributed by atoms with E-state index in [-0.39, 0.29) is 35.6 Å². The van der Waals surface area contributed by atoms with E-state index in [1.54, 1.807) is 0 Å². The zero-order valence-corrected chi connectivity index (χ0v) is 31.7. The van der Waals surface area contributed by atoms with Gasteiger partial charge in [-0.25, -0.2) is 11.6 Å². The Kier molecular flexibility index (Phi) is 19.6. The molecule has 0 radical (unpaired) electrons. The smallest absolute Gasteiger partial charge is 0.0253 e. The molecule has 0 N–H and O–H groups in total. The Labute approximate surface area is 296 Å². The molecular formula is C41H48Cl2Zr-4. The third-order valence-corrected chi connectivity index (χ3v) is 6.87. The Balaban J connectivity index is 0.000000553. The maximum Gasteiger partial charge on any atom is -0.0253 e. The first-order valence-corrected chi connectivity index (χ1v) is 16.3. The van der Waals surface area contributed by atoms with Gasteiger partial charge in [0.05, 0.1) is 0 Å². The monoisotopic (exact) mass is 700 g/mol. The fourth-order valence-electron chi connectivity index (χ4n) is 4.52. The van der Waals surface area contributed by atoms with Gasteiger partial charge in [0.25, 0.3) is 0 Å². The summed E-state index contributed by atoms with van der Waals surface area (Å²) in [6.07, 6.45) is 8.43. The first-order valence-electron chi connectivity index (χ1n) is 14.6. The summed E-state index contributed by atoms with van der Waals surface area (Å²) in [7, 11) is 0. The maximum atomic E-state index is 3.34. The summed E-state index contributed by atoms with van der Waals surface area (Å²) >= 11 is 1.30. The summed E-state index contributed by atoms with van der Waals surface area (Å²) in [6.45, 7) is 17.5. The Morgan fingerprint density at radius 2 is 1.16 bits per heavy atom. The Morgan fingerprint density at radius 1 is 0.682 bits per heavy atom. The molecule has 2 aliphatic rings. The van der Waals surface area contributed by atoms with E-state index >= 15 is 0 Å². The van der Waals surface area contributed by atoms with E-state index in [2.05, 4.69) is 151 Å². The van der Waals surface area contributed by atoms with Crippen molar-refractivity contribution in [2.24, 2.45) is 5.92 Å². The van der Waals surface area contributed by atoms with Crippen LogP contribution < -0.4 is 0 Å². The van der Waals surface area contributed by atoms with Gasteiger partial charge in [0.1, 0.15) is 0 Å². The Bertz CT molecular complexity index is 1320. The molecule has 0 bridgehead atoms. The van der Waals surface area contributed by atoms with Crippen molar-refractivity contribution in [3.8, 4) is 11.1 Å². The van der Waals surface area contributed by atoms with Crippen LogP contribution in [0.2, 0.25) is 0 Å². The predicted octanol–water partition coefficient (Wildman–Crippen LogP) is 11.4. The summed E-state index contributed by atoms with van der Waals surface area (Å²) in [5.74, 6) is 0.556. The van der Waals surface area contributed by atoms with Gasteiger partial charge in [-0.2, -0.15) is 108 Å². The molecule has 6 rings (SSSR count). The van der Waals surface area contributed by atoms with Crippen LogP contribution in [0.1, 0.15) is 77.6 Å². The Morgan fingerprint density at radius 3 is 1.55 bits per heavy atom. The van der Waals surface area contributed by atoms with Crippen molar-refractivity contribution >= 4 is 29.0 Å². The van der Waals surface area contributed by atoms with Crippen molar-refractivity contribution in [2.75, 3.05) is 0 Å². The zero-order valence-electron chi connectivity index (χ0n) is 27.6. The number of fused-ring (bicyclic) bond motifs is 3. The van der Waals surface area contributed by atoms with Crippen LogP contribution in [-0.2, 0) is 41.5 Å². The minimum atomic E-state index is 0. The van der Waals surface area contributed by atoms with E-state index in [1.165, 1.54) is 63.2 Å². The van der Waals surface area contributed by atoms with Gasteiger partial charge in [0.15, 0.2) is 0 Å². The number of benzene rings is 4. The Hall–Kier alpha value is -2.31. The molecule has 0 heterocycles. The molecular weight excluding hydrogens is 655 g/mol. The number of rotatable bonds is 0. The molecule has 1 atom stereocenters. The molecule has 0 aliphatic heterocycles. The van der Waals surface area contributed by atoms with E-state index in [1.807, 2.05) is 36.4 Å². The maximum absolute atomic E-state index is 3.34. The van der Waals surface area contributed by atoms with Crippen LogP contribution in [0.3, 0.4) is 0 Å².